The summed E-state index contributed by atoms with van der Waals surface area (Å²) in [7, 11) is 1.74. The third-order valence-corrected chi connectivity index (χ3v) is 5.28. The van der Waals surface area contributed by atoms with Crippen LogP contribution in [0.1, 0.15) is 47.1 Å². The van der Waals surface area contributed by atoms with E-state index in [2.05, 4.69) is 25.1 Å². The van der Waals surface area contributed by atoms with Crippen LogP contribution < -0.4 is 0 Å². The van der Waals surface area contributed by atoms with Crippen LogP contribution in [-0.4, -0.2) is 41.8 Å². The van der Waals surface area contributed by atoms with Crippen LogP contribution in [0.15, 0.2) is 54.1 Å². The summed E-state index contributed by atoms with van der Waals surface area (Å²) in [5, 5.41) is 0. The van der Waals surface area contributed by atoms with Crippen molar-refractivity contribution in [1.29, 1.82) is 0 Å². The zero-order valence-electron chi connectivity index (χ0n) is 19.2. The zero-order valence-corrected chi connectivity index (χ0v) is 19.2. The number of allylic oxidation sites excluding steroid dienone is 2. The molecule has 4 atom stereocenters. The van der Waals surface area contributed by atoms with Crippen LogP contribution >= 0.6 is 0 Å². The molecule has 5 nitrogen and oxygen atoms in total. The molecule has 1 heterocycles. The number of ether oxygens (including phenoxy) is 2. The maximum absolute atomic E-state index is 12.3. The van der Waals surface area contributed by atoms with Gasteiger partial charge in [-0.25, -0.2) is 9.69 Å². The first kappa shape index (κ1) is 23.9. The Kier molecular flexibility index (Phi) is 8.02. The molecule has 0 bridgehead atoms. The van der Waals surface area contributed by atoms with E-state index in [1.807, 2.05) is 44.2 Å². The molecular weight excluding hydrogens is 378 g/mol. The van der Waals surface area contributed by atoms with Gasteiger partial charge in [0.25, 0.3) is 0 Å². The molecule has 1 fully saturated rings. The van der Waals surface area contributed by atoms with Crippen LogP contribution in [0.4, 0.5) is 4.79 Å². The molecule has 2 amide bonds. The molecule has 1 aromatic rings. The van der Waals surface area contributed by atoms with Crippen molar-refractivity contribution in [2.75, 3.05) is 7.11 Å². The number of methoxy groups -OCH3 is 1. The summed E-state index contributed by atoms with van der Waals surface area (Å²) in [4.78, 5) is 25.7. The molecule has 1 saturated heterocycles. The summed E-state index contributed by atoms with van der Waals surface area (Å²) >= 11 is 0. The van der Waals surface area contributed by atoms with Gasteiger partial charge in [-0.05, 0) is 39.7 Å². The van der Waals surface area contributed by atoms with E-state index in [4.69, 9.17) is 9.47 Å². The lowest BCUT2D eigenvalue weighted by atomic mass is 9.88. The second kappa shape index (κ2) is 10.1. The average Bonchev–Trinajstić information content (AvgIpc) is 2.67. The van der Waals surface area contributed by atoms with E-state index in [1.54, 1.807) is 27.9 Å². The molecule has 1 aliphatic rings. The number of rotatable bonds is 7. The first-order chi connectivity index (χ1) is 14.0. The van der Waals surface area contributed by atoms with Gasteiger partial charge < -0.3 is 9.47 Å². The standard InChI is InChI=1S/C25H35NO4/c1-17(15-18(2)22(29-7)16-20-11-9-8-10-12-20)13-14-21-19(3)23(27)26(21)24(28)30-25(4,5)6/h8-15,18-19,21-22H,16H2,1-7H3/b14-13+,17-15+/t18-,19?,21?,22-/m1/s1. The Morgan fingerprint density at radius 3 is 2.43 bits per heavy atom. The van der Waals surface area contributed by atoms with Gasteiger partial charge in [0, 0.05) is 13.0 Å². The van der Waals surface area contributed by atoms with Crippen LogP contribution in [0.25, 0.3) is 0 Å². The van der Waals surface area contributed by atoms with E-state index in [0.717, 1.165) is 12.0 Å². The summed E-state index contributed by atoms with van der Waals surface area (Å²) in [5.41, 5.74) is 1.67. The highest BCUT2D eigenvalue weighted by Crippen LogP contribution is 2.30. The number of likely N-dealkylation sites (tertiary alicyclic amines) is 1. The van der Waals surface area contributed by atoms with Crippen molar-refractivity contribution >= 4 is 12.0 Å². The molecule has 30 heavy (non-hydrogen) atoms. The fourth-order valence-corrected chi connectivity index (χ4v) is 3.59. The molecule has 0 spiro atoms. The largest absolute Gasteiger partial charge is 0.443 e. The van der Waals surface area contributed by atoms with Crippen molar-refractivity contribution < 1.29 is 19.1 Å². The third-order valence-electron chi connectivity index (χ3n) is 5.28. The van der Waals surface area contributed by atoms with Crippen molar-refractivity contribution in [2.24, 2.45) is 11.8 Å². The summed E-state index contributed by atoms with van der Waals surface area (Å²) < 4.78 is 11.1. The molecular formula is C25H35NO4. The number of hydrogen-bond acceptors (Lipinski definition) is 4. The summed E-state index contributed by atoms with van der Waals surface area (Å²) in [6.07, 6.45) is 6.36. The third kappa shape index (κ3) is 6.30. The number of imide groups is 1. The molecule has 0 aromatic heterocycles. The smallest absolute Gasteiger partial charge is 0.417 e. The van der Waals surface area contributed by atoms with Gasteiger partial charge in [-0.1, -0.05) is 68.0 Å². The Balaban J connectivity index is 2.03. The second-order valence-electron chi connectivity index (χ2n) is 9.06. The van der Waals surface area contributed by atoms with Crippen LogP contribution in [0.3, 0.4) is 0 Å². The Hall–Kier alpha value is -2.40. The minimum Gasteiger partial charge on any atom is -0.443 e. The monoisotopic (exact) mass is 413 g/mol. The van der Waals surface area contributed by atoms with E-state index in [9.17, 15) is 9.59 Å². The number of nitrogens with zero attached hydrogens (tertiary/aromatic N) is 1. The van der Waals surface area contributed by atoms with Gasteiger partial charge >= 0.3 is 6.09 Å². The summed E-state index contributed by atoms with van der Waals surface area (Å²) in [5.74, 6) is -0.220. The number of amides is 2. The summed E-state index contributed by atoms with van der Waals surface area (Å²) in [6.45, 7) is 11.4. The van der Waals surface area contributed by atoms with Crippen molar-refractivity contribution in [3.63, 3.8) is 0 Å². The zero-order chi connectivity index (χ0) is 22.5. The lowest BCUT2D eigenvalue weighted by Gasteiger charge is -2.42. The molecule has 1 aromatic carbocycles. The second-order valence-corrected chi connectivity index (χ2v) is 9.06. The van der Waals surface area contributed by atoms with Crippen molar-refractivity contribution in [3.8, 4) is 0 Å². The van der Waals surface area contributed by atoms with Crippen molar-refractivity contribution in [1.82, 2.24) is 4.90 Å². The molecule has 2 rings (SSSR count). The number of carbonyl (C=O) groups is 2. The minimum absolute atomic E-state index is 0.0678. The molecule has 1 aliphatic heterocycles. The van der Waals surface area contributed by atoms with Gasteiger partial charge in [-0.2, -0.15) is 0 Å². The van der Waals surface area contributed by atoms with Crippen LogP contribution in [0.5, 0.6) is 0 Å². The lowest BCUT2D eigenvalue weighted by Crippen LogP contribution is -2.62. The van der Waals surface area contributed by atoms with E-state index in [0.29, 0.717) is 0 Å². The topological polar surface area (TPSA) is 55.8 Å². The van der Waals surface area contributed by atoms with Crippen LogP contribution in [0, 0.1) is 11.8 Å². The van der Waals surface area contributed by atoms with E-state index in [1.165, 1.54) is 10.5 Å². The Morgan fingerprint density at radius 2 is 1.87 bits per heavy atom. The fraction of sp³-hybridized carbons (Fsp3) is 0.520. The Bertz CT molecular complexity index is 791. The Morgan fingerprint density at radius 1 is 1.23 bits per heavy atom. The van der Waals surface area contributed by atoms with Crippen LogP contribution in [-0.2, 0) is 20.7 Å². The van der Waals surface area contributed by atoms with Crippen molar-refractivity contribution in [2.45, 2.75) is 65.7 Å². The maximum atomic E-state index is 12.3. The van der Waals surface area contributed by atoms with E-state index in [-0.39, 0.29) is 29.9 Å². The molecule has 0 aliphatic carbocycles. The predicted octanol–water partition coefficient (Wildman–Crippen LogP) is 5.16. The van der Waals surface area contributed by atoms with E-state index < -0.39 is 11.7 Å². The Labute approximate surface area is 180 Å². The predicted molar refractivity (Wildman–Crippen MR) is 119 cm³/mol. The molecule has 2 unspecified atom stereocenters. The fourth-order valence-electron chi connectivity index (χ4n) is 3.59. The molecule has 0 saturated carbocycles. The lowest BCUT2D eigenvalue weighted by molar-refractivity contribution is -0.149. The normalized spacial score (nSPS) is 22.0. The SMILES string of the molecule is CO[C@H](Cc1ccccc1)[C@H](C)/C=C(C)/C=C/C1C(C)C(=O)N1C(=O)OC(C)(C)C. The quantitative estimate of drug-likeness (QED) is 0.457. The van der Waals surface area contributed by atoms with Crippen LogP contribution in [0.2, 0.25) is 0 Å². The summed E-state index contributed by atoms with van der Waals surface area (Å²) in [6, 6.07) is 10.0. The highest BCUT2D eigenvalue weighted by molar-refractivity contribution is 5.99. The highest BCUT2D eigenvalue weighted by Gasteiger charge is 2.48. The first-order valence-corrected chi connectivity index (χ1v) is 10.5. The van der Waals surface area contributed by atoms with E-state index >= 15 is 0 Å². The molecule has 5 heteroatoms. The highest BCUT2D eigenvalue weighted by atomic mass is 16.6. The number of carbonyl (C=O) groups excluding carboxylic acids is 2. The minimum atomic E-state index is -0.635. The maximum Gasteiger partial charge on any atom is 0.417 e. The first-order valence-electron chi connectivity index (χ1n) is 10.5. The van der Waals surface area contributed by atoms with Gasteiger partial charge in [0.15, 0.2) is 0 Å². The number of benzene rings is 1. The van der Waals surface area contributed by atoms with Gasteiger partial charge in [0.1, 0.15) is 5.60 Å². The van der Waals surface area contributed by atoms with Gasteiger partial charge in [0.05, 0.1) is 18.1 Å². The average molecular weight is 414 g/mol. The van der Waals surface area contributed by atoms with Gasteiger partial charge in [0.2, 0.25) is 5.91 Å². The molecule has 0 radical (unpaired) electrons. The number of β-lactam (4-membered cyclic amide) rings is 1. The van der Waals surface area contributed by atoms with Crippen molar-refractivity contribution in [3.05, 3.63) is 59.7 Å². The number of hydrogen-bond donors (Lipinski definition) is 0. The van der Waals surface area contributed by atoms with Gasteiger partial charge in [-0.3, -0.25) is 4.79 Å². The molecule has 164 valence electrons. The van der Waals surface area contributed by atoms with Gasteiger partial charge in [-0.15, -0.1) is 0 Å². The molecule has 0 N–H and O–H groups in total.